The third kappa shape index (κ3) is 3.28. The molecule has 100 valence electrons. The molecule has 19 heavy (non-hydrogen) atoms. The van der Waals surface area contributed by atoms with Gasteiger partial charge < -0.3 is 5.73 Å². The first-order valence-electron chi connectivity index (χ1n) is 6.12. The van der Waals surface area contributed by atoms with Gasteiger partial charge in [-0.05, 0) is 40.7 Å². The molecule has 2 aromatic rings. The summed E-state index contributed by atoms with van der Waals surface area (Å²) in [4.78, 5) is 10.2. The summed E-state index contributed by atoms with van der Waals surface area (Å²) in [7, 11) is 0. The third-order valence-corrected chi connectivity index (χ3v) is 4.39. The molecule has 0 aliphatic rings. The predicted molar refractivity (Wildman–Crippen MR) is 85.4 cm³/mol. The number of nitrogen functional groups attached to an aromatic ring is 1. The minimum atomic E-state index is 0.502. The first kappa shape index (κ1) is 14.3. The number of anilines is 1. The fraction of sp³-hybridized carbons (Fsp3) is 0.286. The summed E-state index contributed by atoms with van der Waals surface area (Å²) in [5.41, 5.74) is 7.91. The second-order valence-electron chi connectivity index (χ2n) is 4.17. The Bertz CT molecular complexity index is 570. The summed E-state index contributed by atoms with van der Waals surface area (Å²) in [5, 5.41) is 0. The molecular weight excluding hydrogens is 322 g/mol. The summed E-state index contributed by atoms with van der Waals surface area (Å²) in [5.74, 6) is 1.19. The van der Waals surface area contributed by atoms with Crippen molar-refractivity contribution in [1.82, 2.24) is 9.97 Å². The number of thioether (sulfide) groups is 1. The normalized spacial score (nSPS) is 10.7. The highest BCUT2D eigenvalue weighted by Crippen LogP contribution is 2.27. The van der Waals surface area contributed by atoms with Gasteiger partial charge in [0.1, 0.15) is 5.82 Å². The van der Waals surface area contributed by atoms with Crippen molar-refractivity contribution in [3.8, 4) is 11.4 Å². The first-order valence-corrected chi connectivity index (χ1v) is 8.13. The fourth-order valence-electron chi connectivity index (χ4n) is 1.78. The molecule has 2 rings (SSSR count). The monoisotopic (exact) mass is 337 g/mol. The largest absolute Gasteiger partial charge is 0.383 e. The van der Waals surface area contributed by atoms with Gasteiger partial charge in [0.25, 0.3) is 0 Å². The smallest absolute Gasteiger partial charge is 0.161 e. The highest BCUT2D eigenvalue weighted by atomic mass is 79.9. The van der Waals surface area contributed by atoms with Gasteiger partial charge in [-0.3, -0.25) is 0 Å². The number of nitrogens with two attached hydrogens (primary N) is 1. The zero-order chi connectivity index (χ0) is 13.8. The topological polar surface area (TPSA) is 51.8 Å². The zero-order valence-electron chi connectivity index (χ0n) is 11.0. The van der Waals surface area contributed by atoms with E-state index < -0.39 is 0 Å². The van der Waals surface area contributed by atoms with Crippen molar-refractivity contribution in [2.45, 2.75) is 24.7 Å². The summed E-state index contributed by atoms with van der Waals surface area (Å²) in [6.07, 6.45) is 3.98. The Hall–Kier alpha value is -1.07. The maximum absolute atomic E-state index is 5.94. The van der Waals surface area contributed by atoms with E-state index in [2.05, 4.69) is 51.2 Å². The number of hydrogen-bond acceptors (Lipinski definition) is 4. The molecule has 5 heteroatoms. The van der Waals surface area contributed by atoms with Gasteiger partial charge in [-0.2, -0.15) is 0 Å². The van der Waals surface area contributed by atoms with E-state index in [-0.39, 0.29) is 0 Å². The maximum atomic E-state index is 5.94. The van der Waals surface area contributed by atoms with Crippen LogP contribution in [0, 0.1) is 0 Å². The SMILES string of the molecule is CCCc1nc(-c2ccc(SC)cc2)nc(N)c1Br. The number of halogens is 1. The van der Waals surface area contributed by atoms with E-state index in [1.54, 1.807) is 11.8 Å². The van der Waals surface area contributed by atoms with E-state index in [1.807, 2.05) is 12.1 Å². The summed E-state index contributed by atoms with van der Waals surface area (Å²) >= 11 is 5.17. The molecule has 0 atom stereocenters. The van der Waals surface area contributed by atoms with Crippen molar-refractivity contribution in [3.63, 3.8) is 0 Å². The van der Waals surface area contributed by atoms with E-state index in [0.717, 1.165) is 28.6 Å². The molecule has 1 aromatic carbocycles. The second-order valence-corrected chi connectivity index (χ2v) is 5.84. The van der Waals surface area contributed by atoms with Gasteiger partial charge in [-0.15, -0.1) is 11.8 Å². The van der Waals surface area contributed by atoms with Crippen LogP contribution in [0.3, 0.4) is 0 Å². The van der Waals surface area contributed by atoms with Crippen LogP contribution in [0.25, 0.3) is 11.4 Å². The zero-order valence-corrected chi connectivity index (χ0v) is 13.4. The lowest BCUT2D eigenvalue weighted by Crippen LogP contribution is -2.02. The number of aryl methyl sites for hydroxylation is 1. The molecule has 2 N–H and O–H groups in total. The highest BCUT2D eigenvalue weighted by Gasteiger charge is 2.10. The third-order valence-electron chi connectivity index (χ3n) is 2.78. The molecule has 0 saturated carbocycles. The minimum absolute atomic E-state index is 0.502. The molecular formula is C14H16BrN3S. The van der Waals surface area contributed by atoms with Gasteiger partial charge in [0.05, 0.1) is 10.2 Å². The Morgan fingerprint density at radius 1 is 1.21 bits per heavy atom. The van der Waals surface area contributed by atoms with Crippen LogP contribution in [0.5, 0.6) is 0 Å². The predicted octanol–water partition coefficient (Wildman–Crippen LogP) is 4.16. The molecule has 3 nitrogen and oxygen atoms in total. The highest BCUT2D eigenvalue weighted by molar-refractivity contribution is 9.10. The summed E-state index contributed by atoms with van der Waals surface area (Å²) in [6.45, 7) is 2.12. The summed E-state index contributed by atoms with van der Waals surface area (Å²) < 4.78 is 0.818. The number of hydrogen-bond donors (Lipinski definition) is 1. The Morgan fingerprint density at radius 2 is 1.89 bits per heavy atom. The van der Waals surface area contributed by atoms with E-state index in [9.17, 15) is 0 Å². The molecule has 0 spiro atoms. The molecule has 1 aromatic heterocycles. The lowest BCUT2D eigenvalue weighted by molar-refractivity contribution is 0.870. The Morgan fingerprint density at radius 3 is 2.47 bits per heavy atom. The van der Waals surface area contributed by atoms with Gasteiger partial charge in [-0.1, -0.05) is 25.5 Å². The van der Waals surface area contributed by atoms with Crippen LogP contribution >= 0.6 is 27.7 Å². The Labute approximate surface area is 126 Å². The van der Waals surface area contributed by atoms with Gasteiger partial charge in [-0.25, -0.2) is 9.97 Å². The molecule has 0 aliphatic heterocycles. The minimum Gasteiger partial charge on any atom is -0.383 e. The molecule has 0 bridgehead atoms. The molecule has 0 unspecified atom stereocenters. The van der Waals surface area contributed by atoms with Crippen molar-refractivity contribution in [3.05, 3.63) is 34.4 Å². The Balaban J connectivity index is 2.43. The van der Waals surface area contributed by atoms with Crippen LogP contribution in [-0.4, -0.2) is 16.2 Å². The van der Waals surface area contributed by atoms with E-state index in [4.69, 9.17) is 5.73 Å². The van der Waals surface area contributed by atoms with Crippen LogP contribution in [0.4, 0.5) is 5.82 Å². The number of rotatable bonds is 4. The van der Waals surface area contributed by atoms with Crippen LogP contribution in [0.15, 0.2) is 33.6 Å². The maximum Gasteiger partial charge on any atom is 0.161 e. The number of nitrogens with zero attached hydrogens (tertiary/aromatic N) is 2. The lowest BCUT2D eigenvalue weighted by Gasteiger charge is -2.08. The van der Waals surface area contributed by atoms with Crippen molar-refractivity contribution in [2.24, 2.45) is 0 Å². The lowest BCUT2D eigenvalue weighted by atomic mass is 10.2. The Kier molecular flexibility index (Phi) is 4.82. The standard InChI is InChI=1S/C14H16BrN3S/c1-3-4-11-12(15)13(16)18-14(17-11)9-5-7-10(19-2)8-6-9/h5-8H,3-4H2,1-2H3,(H2,16,17,18). The average molecular weight is 338 g/mol. The van der Waals surface area contributed by atoms with Crippen LogP contribution in [-0.2, 0) is 6.42 Å². The van der Waals surface area contributed by atoms with Gasteiger partial charge in [0.15, 0.2) is 5.82 Å². The van der Waals surface area contributed by atoms with Gasteiger partial charge in [0.2, 0.25) is 0 Å². The quantitative estimate of drug-likeness (QED) is 0.851. The van der Waals surface area contributed by atoms with Crippen LogP contribution in [0.1, 0.15) is 19.0 Å². The van der Waals surface area contributed by atoms with Crippen LogP contribution in [0.2, 0.25) is 0 Å². The van der Waals surface area contributed by atoms with Gasteiger partial charge in [0, 0.05) is 10.5 Å². The molecule has 0 fully saturated rings. The first-order chi connectivity index (χ1) is 9.15. The second kappa shape index (κ2) is 6.39. The van der Waals surface area contributed by atoms with E-state index >= 15 is 0 Å². The molecule has 0 radical (unpaired) electrons. The van der Waals surface area contributed by atoms with E-state index in [0.29, 0.717) is 11.6 Å². The molecule has 1 heterocycles. The summed E-state index contributed by atoms with van der Waals surface area (Å²) in [6, 6.07) is 8.21. The average Bonchev–Trinajstić information content (AvgIpc) is 2.44. The molecule has 0 amide bonds. The van der Waals surface area contributed by atoms with Crippen molar-refractivity contribution in [1.29, 1.82) is 0 Å². The van der Waals surface area contributed by atoms with Gasteiger partial charge >= 0.3 is 0 Å². The van der Waals surface area contributed by atoms with Crippen molar-refractivity contribution < 1.29 is 0 Å². The number of benzene rings is 1. The van der Waals surface area contributed by atoms with Crippen LogP contribution < -0.4 is 5.73 Å². The molecule has 0 aliphatic carbocycles. The van der Waals surface area contributed by atoms with Crippen molar-refractivity contribution >= 4 is 33.5 Å². The number of aromatic nitrogens is 2. The molecule has 0 saturated heterocycles. The van der Waals surface area contributed by atoms with Crippen molar-refractivity contribution in [2.75, 3.05) is 12.0 Å². The fourth-order valence-corrected chi connectivity index (χ4v) is 2.57. The van der Waals surface area contributed by atoms with E-state index in [1.165, 1.54) is 4.90 Å².